The summed E-state index contributed by atoms with van der Waals surface area (Å²) in [6, 6.07) is 4.12. The number of piperidine rings is 1. The second-order valence-electron chi connectivity index (χ2n) is 16.2. The highest BCUT2D eigenvalue weighted by Gasteiger charge is 2.68. The van der Waals surface area contributed by atoms with Crippen LogP contribution in [0.5, 0.6) is 11.5 Å². The van der Waals surface area contributed by atoms with Gasteiger partial charge in [0.05, 0.1) is 11.0 Å². The molecule has 2 heterocycles. The van der Waals surface area contributed by atoms with E-state index in [9.17, 15) is 9.90 Å². The van der Waals surface area contributed by atoms with E-state index in [1.807, 2.05) is 13.0 Å². The summed E-state index contributed by atoms with van der Waals surface area (Å²) in [7, 11) is 0. The minimum absolute atomic E-state index is 0.0521. The van der Waals surface area contributed by atoms with Crippen LogP contribution < -0.4 is 9.47 Å². The third-order valence-electron chi connectivity index (χ3n) is 12.4. The maximum absolute atomic E-state index is 13.1. The number of esters is 1. The van der Waals surface area contributed by atoms with Gasteiger partial charge in [-0.1, -0.05) is 116 Å². The lowest BCUT2D eigenvalue weighted by Gasteiger charge is -2.60. The number of nitrogens with zero attached hydrogens (tertiary/aromatic N) is 1. The topological polar surface area (TPSA) is 59.0 Å². The first-order chi connectivity index (χ1) is 23.8. The van der Waals surface area contributed by atoms with Crippen molar-refractivity contribution in [1.82, 2.24) is 4.90 Å². The monoisotopic (exact) mass is 676 g/mol. The van der Waals surface area contributed by atoms with Gasteiger partial charge in [-0.2, -0.15) is 0 Å². The Hall–Kier alpha value is -2.11. The van der Waals surface area contributed by atoms with E-state index < -0.39 is 11.0 Å². The number of rotatable bonds is 24. The fraction of sp³-hybridized carbons (Fsp3) is 0.750. The Morgan fingerprint density at radius 3 is 2.16 bits per heavy atom. The Balaban J connectivity index is 1.01. The molecule has 0 aromatic heterocycles. The Morgan fingerprint density at radius 1 is 0.939 bits per heavy atom. The summed E-state index contributed by atoms with van der Waals surface area (Å²) < 4.78 is 12.8. The van der Waals surface area contributed by atoms with Gasteiger partial charge in [-0.3, -0.25) is 9.69 Å². The van der Waals surface area contributed by atoms with Crippen LogP contribution in [0.25, 0.3) is 0 Å². The van der Waals surface area contributed by atoms with Crippen molar-refractivity contribution >= 4 is 5.97 Å². The van der Waals surface area contributed by atoms with E-state index in [1.54, 1.807) is 0 Å². The van der Waals surface area contributed by atoms with Crippen LogP contribution in [0.15, 0.2) is 36.4 Å². The third kappa shape index (κ3) is 9.23. The number of fused-ring (bicyclic) bond motifs is 1. The minimum Gasteiger partial charge on any atom is -0.481 e. The average molecular weight is 676 g/mol. The molecule has 1 aromatic carbocycles. The highest BCUT2D eigenvalue weighted by molar-refractivity contribution is 5.75. The standard InChI is InChI=1S/C44H69NO4/c1-5-7-8-9-10-11-12-13-14-15-16-17-18-19-20-21-22-23-24-25-39(46)48-37-29-28-36-32-38-43(4,47)44(30-31-45(38)33-35-26-27-35)40(36)41(37)49-42(44)34(3)6-2/h13-14,28-29,35,38,42,47H,3,5-12,15-27,30-33H2,1-2,4H3/b14-13-/t38?,42-,43+,44-/m0/s1. The van der Waals surface area contributed by atoms with E-state index in [-0.39, 0.29) is 18.1 Å². The first-order valence-corrected chi connectivity index (χ1v) is 20.7. The van der Waals surface area contributed by atoms with Crippen LogP contribution in [0.3, 0.4) is 0 Å². The molecule has 4 atom stereocenters. The van der Waals surface area contributed by atoms with Gasteiger partial charge < -0.3 is 14.6 Å². The molecule has 1 N–H and O–H groups in total. The molecule has 2 fully saturated rings. The number of carbonyl (C=O) groups is 1. The third-order valence-corrected chi connectivity index (χ3v) is 12.4. The summed E-state index contributed by atoms with van der Waals surface area (Å²) in [5.41, 5.74) is 1.77. The van der Waals surface area contributed by atoms with Gasteiger partial charge in [-0.25, -0.2) is 0 Å². The Labute approximate surface area is 299 Å². The van der Waals surface area contributed by atoms with Gasteiger partial charge in [0, 0.05) is 24.6 Å². The van der Waals surface area contributed by atoms with E-state index in [0.29, 0.717) is 17.9 Å². The number of hydrogen-bond acceptors (Lipinski definition) is 5. The fourth-order valence-corrected chi connectivity index (χ4v) is 9.19. The Bertz CT molecular complexity index is 1250. The van der Waals surface area contributed by atoms with Crippen LogP contribution in [-0.4, -0.2) is 46.8 Å². The minimum atomic E-state index is -0.964. The lowest BCUT2D eigenvalue weighted by Crippen LogP contribution is -2.73. The van der Waals surface area contributed by atoms with Crippen molar-refractivity contribution in [1.29, 1.82) is 0 Å². The summed E-state index contributed by atoms with van der Waals surface area (Å²) in [4.78, 5) is 15.6. The zero-order valence-corrected chi connectivity index (χ0v) is 31.5. The summed E-state index contributed by atoms with van der Waals surface area (Å²) in [6.07, 6.45) is 31.7. The molecule has 5 heteroatoms. The SMILES string of the molecule is C=C(CC)[C@@H]1Oc2c(OC(=O)CCCCCCCCCCC/C=C\CCCCCCCC)ccc3c2[C@@]12CCN(CC1CC1)C(C3)[C@@]2(C)O. The van der Waals surface area contributed by atoms with Crippen molar-refractivity contribution in [2.45, 2.75) is 192 Å². The summed E-state index contributed by atoms with van der Waals surface area (Å²) in [6.45, 7) is 12.9. The highest BCUT2D eigenvalue weighted by atomic mass is 16.6. The largest absolute Gasteiger partial charge is 0.481 e. The summed E-state index contributed by atoms with van der Waals surface area (Å²) in [5, 5.41) is 12.4. The molecule has 0 radical (unpaired) electrons. The molecule has 2 aliphatic heterocycles. The molecule has 1 spiro atoms. The molecule has 1 saturated carbocycles. The van der Waals surface area contributed by atoms with E-state index in [0.717, 1.165) is 62.2 Å². The van der Waals surface area contributed by atoms with Gasteiger partial charge in [0.25, 0.3) is 0 Å². The van der Waals surface area contributed by atoms with Crippen LogP contribution in [0, 0.1) is 5.92 Å². The fourth-order valence-electron chi connectivity index (χ4n) is 9.19. The number of hydrogen-bond donors (Lipinski definition) is 1. The molecule has 4 aliphatic rings. The lowest BCUT2D eigenvalue weighted by atomic mass is 9.52. The Morgan fingerprint density at radius 2 is 1.55 bits per heavy atom. The molecule has 2 aliphatic carbocycles. The van der Waals surface area contributed by atoms with Gasteiger partial charge in [-0.05, 0) is 101 Å². The molecular formula is C44H69NO4. The second kappa shape index (κ2) is 18.4. The molecule has 1 unspecified atom stereocenters. The van der Waals surface area contributed by atoms with E-state index in [1.165, 1.54) is 115 Å². The Kier molecular flexibility index (Phi) is 14.3. The summed E-state index contributed by atoms with van der Waals surface area (Å²) in [5.74, 6) is 1.77. The normalized spacial score (nSPS) is 25.8. The second-order valence-corrected chi connectivity index (χ2v) is 16.2. The first kappa shape index (κ1) is 38.1. The van der Waals surface area contributed by atoms with Gasteiger partial charge in [-0.15, -0.1) is 0 Å². The van der Waals surface area contributed by atoms with Gasteiger partial charge in [0.15, 0.2) is 11.5 Å². The molecule has 1 aromatic rings. The van der Waals surface area contributed by atoms with Crippen molar-refractivity contribution in [3.8, 4) is 11.5 Å². The van der Waals surface area contributed by atoms with Gasteiger partial charge >= 0.3 is 5.97 Å². The molecular weight excluding hydrogens is 606 g/mol. The average Bonchev–Trinajstić information content (AvgIpc) is 3.83. The zero-order valence-electron chi connectivity index (χ0n) is 31.5. The number of likely N-dealkylation sites (tertiary alicyclic amines) is 1. The predicted octanol–water partition coefficient (Wildman–Crippen LogP) is 10.9. The first-order valence-electron chi connectivity index (χ1n) is 20.7. The highest BCUT2D eigenvalue weighted by Crippen LogP contribution is 2.63. The van der Waals surface area contributed by atoms with Crippen molar-refractivity contribution < 1.29 is 19.4 Å². The predicted molar refractivity (Wildman–Crippen MR) is 203 cm³/mol. The van der Waals surface area contributed by atoms with E-state index >= 15 is 0 Å². The van der Waals surface area contributed by atoms with Crippen molar-refractivity contribution in [3.63, 3.8) is 0 Å². The van der Waals surface area contributed by atoms with Gasteiger partial charge in [0.2, 0.25) is 0 Å². The van der Waals surface area contributed by atoms with Crippen LogP contribution in [0.4, 0.5) is 0 Å². The van der Waals surface area contributed by atoms with Gasteiger partial charge in [0.1, 0.15) is 6.10 Å². The maximum atomic E-state index is 13.1. The number of ether oxygens (including phenoxy) is 2. The van der Waals surface area contributed by atoms with Crippen molar-refractivity contribution in [3.05, 3.63) is 47.6 Å². The van der Waals surface area contributed by atoms with Crippen molar-refractivity contribution in [2.24, 2.45) is 5.92 Å². The number of carbonyl (C=O) groups excluding carboxylic acids is 1. The molecule has 5 rings (SSSR count). The number of unbranched alkanes of at least 4 members (excludes halogenated alkanes) is 15. The van der Waals surface area contributed by atoms with E-state index in [2.05, 4.69) is 43.5 Å². The van der Waals surface area contributed by atoms with Crippen molar-refractivity contribution in [2.75, 3.05) is 13.1 Å². The summed E-state index contributed by atoms with van der Waals surface area (Å²) >= 11 is 0. The molecule has 2 bridgehead atoms. The van der Waals surface area contributed by atoms with Crippen LogP contribution in [0.2, 0.25) is 0 Å². The van der Waals surface area contributed by atoms with Crippen LogP contribution >= 0.6 is 0 Å². The smallest absolute Gasteiger partial charge is 0.311 e. The van der Waals surface area contributed by atoms with E-state index in [4.69, 9.17) is 9.47 Å². The number of benzene rings is 1. The molecule has 1 saturated heterocycles. The quantitative estimate of drug-likeness (QED) is 0.0511. The number of allylic oxidation sites excluding steroid dienone is 2. The zero-order chi connectivity index (χ0) is 34.7. The molecule has 274 valence electrons. The van der Waals surface area contributed by atoms with Crippen LogP contribution in [0.1, 0.15) is 173 Å². The lowest BCUT2D eigenvalue weighted by molar-refractivity contribution is -0.149. The molecule has 49 heavy (non-hydrogen) atoms. The molecule has 5 nitrogen and oxygen atoms in total. The maximum Gasteiger partial charge on any atom is 0.311 e. The molecule has 0 amide bonds. The number of aliphatic hydroxyl groups is 1. The van der Waals surface area contributed by atoms with Crippen LogP contribution in [-0.2, 0) is 16.6 Å².